The maximum absolute atomic E-state index is 10.4. The minimum atomic E-state index is -0.694. The average Bonchev–Trinajstić information content (AvgIpc) is 2.74. The summed E-state index contributed by atoms with van der Waals surface area (Å²) >= 11 is 0. The maximum atomic E-state index is 10.4. The molecular weight excluding hydrogens is 713 g/mol. The number of rotatable bonds is 4. The van der Waals surface area contributed by atoms with Crippen molar-refractivity contribution in [3.8, 4) is 0 Å². The fourth-order valence-electron chi connectivity index (χ4n) is 1.03. The molecule has 7 heteroatoms. The van der Waals surface area contributed by atoms with Gasteiger partial charge in [-0.1, -0.05) is 27.7 Å². The van der Waals surface area contributed by atoms with E-state index >= 15 is 0 Å². The Kier molecular flexibility index (Phi) is 13.2. The molecule has 0 saturated heterocycles. The molecule has 1 radical (unpaired) electrons. The molecule has 125 valence electrons. The number of carbonyl (C=O) groups is 1. The monoisotopic (exact) mass is 738 g/mol. The summed E-state index contributed by atoms with van der Waals surface area (Å²) in [4.78, 5) is 20.8. The second-order valence-corrected chi connectivity index (χ2v) is 5.28. The van der Waals surface area contributed by atoms with Crippen LogP contribution < -0.4 is 5.82 Å². The molecule has 0 N–H and O–H groups in total. The third-order valence-corrected chi connectivity index (χ3v) is 2.93. The van der Waals surface area contributed by atoms with Gasteiger partial charge in [0.1, 0.15) is 6.10 Å². The molecule has 5 nitrogen and oxygen atoms in total. The minimum Gasteiger partial charge on any atom is -0.605 e. The largest absolute Gasteiger partial charge is 0.605 e. The van der Waals surface area contributed by atoms with Crippen LogP contribution in [0.25, 0.3) is 0 Å². The Labute approximate surface area is 140 Å². The van der Waals surface area contributed by atoms with Crippen LogP contribution in [0.2, 0.25) is 0 Å². The molecule has 0 spiro atoms. The van der Waals surface area contributed by atoms with E-state index < -0.39 is 5.82 Å². The van der Waals surface area contributed by atoms with Crippen molar-refractivity contribution in [1.82, 2.24) is 0 Å². The first-order valence-corrected chi connectivity index (χ1v) is 6.67. The summed E-state index contributed by atoms with van der Waals surface area (Å²) in [6.07, 6.45) is 2.44. The van der Waals surface area contributed by atoms with Gasteiger partial charge in [-0.15, -0.1) is 0 Å². The van der Waals surface area contributed by atoms with Crippen LogP contribution in [0.1, 0.15) is 54.2 Å². The Morgan fingerprint density at radius 1 is 1.23 bits per heavy atom. The van der Waals surface area contributed by atoms with E-state index in [1.54, 1.807) is 0 Å². The fourth-order valence-corrected chi connectivity index (χ4v) is 1.03. The normalized spacial score (nSPS) is 10.8. The number of hydrogen-bond acceptors (Lipinski definition) is 5. The topological polar surface area (TPSA) is 69.7 Å². The van der Waals surface area contributed by atoms with E-state index in [1.165, 1.54) is 6.92 Å². The van der Waals surface area contributed by atoms with Crippen LogP contribution >= 0.6 is 0 Å². The zero-order valence-electron chi connectivity index (χ0n) is 14.4. The van der Waals surface area contributed by atoms with Crippen LogP contribution in [-0.4, -0.2) is 12.1 Å². The number of esters is 1. The average molecular weight is 738 g/mol. The van der Waals surface area contributed by atoms with Crippen molar-refractivity contribution in [3.63, 3.8) is 0 Å². The van der Waals surface area contributed by atoms with Crippen LogP contribution in [0.3, 0.4) is 0 Å². The minimum absolute atomic E-state index is 0. The zero-order valence-corrected chi connectivity index (χ0v) is 23.5. The molecule has 22 heavy (non-hydrogen) atoms. The second kappa shape index (κ2) is 11.6. The van der Waals surface area contributed by atoms with E-state index in [1.807, 2.05) is 41.5 Å². The van der Waals surface area contributed by atoms with Crippen molar-refractivity contribution in [2.45, 2.75) is 54.6 Å². The van der Waals surface area contributed by atoms with Gasteiger partial charge in [-0.2, -0.15) is 18.6 Å². The molecule has 0 saturated carbocycles. The van der Waals surface area contributed by atoms with Crippen molar-refractivity contribution in [1.29, 1.82) is 0 Å². The molecule has 1 unspecified atom stereocenters. The van der Waals surface area contributed by atoms with Gasteiger partial charge in [0.15, 0.2) is 0 Å². The van der Waals surface area contributed by atoms with Crippen molar-refractivity contribution in [3.05, 3.63) is 28.6 Å². The van der Waals surface area contributed by atoms with Gasteiger partial charge in [0.25, 0.3) is 0 Å². The van der Waals surface area contributed by atoms with E-state index in [0.717, 1.165) is 5.92 Å². The predicted molar refractivity (Wildman–Crippen MR) is 75.0 cm³/mol. The summed E-state index contributed by atoms with van der Waals surface area (Å²) in [6.45, 7) is 13.3. The van der Waals surface area contributed by atoms with Crippen LogP contribution in [-0.2, 0) is 30.0 Å². The van der Waals surface area contributed by atoms with Gasteiger partial charge in [-0.25, -0.2) is 4.79 Å². The van der Waals surface area contributed by atoms with Crippen molar-refractivity contribution < 1.29 is 38.8 Å². The number of carbonyl (C=O) groups excluding carboxylic acids is 1. The number of ether oxygens (including phenoxy) is 1. The van der Waals surface area contributed by atoms with Gasteiger partial charge in [-0.05, 0) is 12.8 Å². The fraction of sp³-hybridized carbons (Fsp3) is 0.667. The molecular formula is C15H24O5ReRf-2. The SMILES string of the molecule is CC(=O)OC(C)C(C)C.C[C-](c1[c-]oc(=O)o1)C(C)C.[Re].[Rf]. The van der Waals surface area contributed by atoms with E-state index in [2.05, 4.69) is 10.7 Å². The summed E-state index contributed by atoms with van der Waals surface area (Å²) in [5.74, 6) is 1.25. The van der Waals surface area contributed by atoms with E-state index in [4.69, 9.17) is 9.15 Å². The molecule has 0 aliphatic rings. The Hall–Kier alpha value is -1.99. The first kappa shape index (κ1) is 25.0. The molecule has 0 amide bonds. The summed E-state index contributed by atoms with van der Waals surface area (Å²) < 4.78 is 13.9. The first-order valence-electron chi connectivity index (χ1n) is 6.67. The molecule has 1 aromatic heterocycles. The van der Waals surface area contributed by atoms with Gasteiger partial charge < -0.3 is 19.5 Å². The molecule has 0 aromatic carbocycles. The maximum Gasteiger partial charge on any atom is 0.477 e. The third kappa shape index (κ3) is 9.84. The Morgan fingerprint density at radius 2 is 1.73 bits per heavy atom. The molecule has 0 aliphatic heterocycles. The van der Waals surface area contributed by atoms with Crippen LogP contribution in [0.4, 0.5) is 0 Å². The molecule has 1 rings (SSSR count). The summed E-state index contributed by atoms with van der Waals surface area (Å²) in [6, 6.07) is 0. The Balaban J connectivity index is -0.000000307. The molecule has 0 fully saturated rings. The number of hydrogen-bond donors (Lipinski definition) is 0. The van der Waals surface area contributed by atoms with Crippen LogP contribution in [0, 0.1) is 24.0 Å². The van der Waals surface area contributed by atoms with Gasteiger partial charge in [-0.3, -0.25) is 11.1 Å². The van der Waals surface area contributed by atoms with Crippen molar-refractivity contribution >= 4 is 5.97 Å². The predicted octanol–water partition coefficient (Wildman–Crippen LogP) is 3.22. The third-order valence-electron chi connectivity index (χ3n) is 2.93. The first-order chi connectivity index (χ1) is 9.15. The molecule has 1 heterocycles. The van der Waals surface area contributed by atoms with E-state index in [-0.39, 0.29) is 32.5 Å². The van der Waals surface area contributed by atoms with Crippen molar-refractivity contribution in [2.24, 2.45) is 11.8 Å². The standard InChI is InChI=1S/C8H10O3.C7H14O2.Re.Rf/c1-5(2)6(3)7-4-10-8(9)11-7;1-5(2)6(3)9-7(4)8;;/h5H,1-3H3;5-6H,1-4H3;;/q-2;;;. The van der Waals surface area contributed by atoms with Crippen molar-refractivity contribution in [2.75, 3.05) is 0 Å². The van der Waals surface area contributed by atoms with Gasteiger partial charge in [0.2, 0.25) is 0 Å². The van der Waals surface area contributed by atoms with Gasteiger partial charge >= 0.3 is 11.8 Å². The summed E-state index contributed by atoms with van der Waals surface area (Å²) in [5, 5.41) is 0. The molecule has 1 aromatic rings. The quantitative estimate of drug-likeness (QED) is 0.351. The van der Waals surface area contributed by atoms with E-state index in [9.17, 15) is 9.59 Å². The molecule has 1 atom stereocenters. The van der Waals surface area contributed by atoms with Crippen LogP contribution in [0.5, 0.6) is 0 Å². The molecule has 0 bridgehead atoms. The Bertz CT molecular complexity index is 453. The van der Waals surface area contributed by atoms with E-state index in [0.29, 0.717) is 17.6 Å². The smallest absolute Gasteiger partial charge is 0.477 e. The summed E-state index contributed by atoms with van der Waals surface area (Å²) in [7, 11) is 0. The zero-order chi connectivity index (χ0) is 15.9. The van der Waals surface area contributed by atoms with Gasteiger partial charge in [0.05, 0.1) is 0 Å². The molecule has 0 aliphatic carbocycles. The summed E-state index contributed by atoms with van der Waals surface area (Å²) in [5.41, 5.74) is 0. The second-order valence-electron chi connectivity index (χ2n) is 5.28. The van der Waals surface area contributed by atoms with Crippen LogP contribution in [0.15, 0.2) is 13.6 Å². The Morgan fingerprint density at radius 3 is 1.95 bits per heavy atom. The van der Waals surface area contributed by atoms with Gasteiger partial charge in [0, 0.05) is 27.3 Å².